The van der Waals surface area contributed by atoms with Gasteiger partial charge in [0.2, 0.25) is 23.6 Å². The fraction of sp³-hybridized carbons (Fsp3) is 0.756. The van der Waals surface area contributed by atoms with Crippen LogP contribution >= 0.6 is 18.8 Å². The van der Waals surface area contributed by atoms with Crippen LogP contribution in [0.3, 0.4) is 0 Å². The van der Waals surface area contributed by atoms with Gasteiger partial charge in [-0.1, -0.05) is 50.8 Å². The summed E-state index contributed by atoms with van der Waals surface area (Å²) < 4.78 is 51.3. The van der Waals surface area contributed by atoms with Crippen molar-refractivity contribution in [3.05, 3.63) is 0 Å². The Labute approximate surface area is 355 Å². The maximum atomic E-state index is 14.2. The topological polar surface area (TPSA) is 198 Å². The van der Waals surface area contributed by atoms with E-state index < -0.39 is 28.3 Å². The first kappa shape index (κ1) is 52.0. The number of amides is 4. The van der Waals surface area contributed by atoms with Crippen molar-refractivity contribution < 1.29 is 56.7 Å². The first-order chi connectivity index (χ1) is 28.1. The summed E-state index contributed by atoms with van der Waals surface area (Å²) in [6, 6.07) is 0. The van der Waals surface area contributed by atoms with E-state index in [1.54, 1.807) is 20.8 Å². The van der Waals surface area contributed by atoms with Crippen LogP contribution in [0.25, 0.3) is 0 Å². The lowest BCUT2D eigenvalue weighted by atomic mass is 9.41. The lowest BCUT2D eigenvalue weighted by Crippen LogP contribution is -2.74. The predicted molar refractivity (Wildman–Crippen MR) is 225 cm³/mol. The van der Waals surface area contributed by atoms with Crippen molar-refractivity contribution in [2.45, 2.75) is 94.9 Å². The number of hydrogen-bond donors (Lipinski definition) is 5. The Morgan fingerprint density at radius 1 is 0.610 bits per heavy atom. The van der Waals surface area contributed by atoms with E-state index in [1.807, 2.05) is 0 Å². The van der Waals surface area contributed by atoms with E-state index in [-0.39, 0.29) is 121 Å². The second-order valence-electron chi connectivity index (χ2n) is 15.7. The fourth-order valence-corrected chi connectivity index (χ4v) is 8.04. The van der Waals surface area contributed by atoms with E-state index in [1.165, 1.54) is 0 Å². The Bertz CT molecular complexity index is 1390. The molecule has 0 aromatic rings. The molecule has 4 amide bonds. The summed E-state index contributed by atoms with van der Waals surface area (Å²) in [5.41, 5.74) is -2.60. The third-order valence-electron chi connectivity index (χ3n) is 9.88. The molecule has 4 N–H and O–H groups in total. The molecule has 0 heterocycles. The van der Waals surface area contributed by atoms with Crippen LogP contribution in [0.1, 0.15) is 78.6 Å². The van der Waals surface area contributed by atoms with Crippen LogP contribution in [0.15, 0.2) is 0 Å². The van der Waals surface area contributed by atoms with Gasteiger partial charge in [-0.05, 0) is 38.5 Å². The first-order valence-electron chi connectivity index (χ1n) is 20.0. The molecule has 1 atom stereocenters. The van der Waals surface area contributed by atoms with Crippen LogP contribution in [0, 0.1) is 42.4 Å². The molecule has 59 heavy (non-hydrogen) atoms. The molecule has 0 radical (unpaired) electrons. The number of thiol groups is 1. The highest BCUT2D eigenvalue weighted by Gasteiger charge is 2.74. The average molecular weight is 869 g/mol. The van der Waals surface area contributed by atoms with Gasteiger partial charge >= 0.3 is 0 Å². The van der Waals surface area contributed by atoms with Crippen molar-refractivity contribution in [2.24, 2.45) is 5.41 Å². The summed E-state index contributed by atoms with van der Waals surface area (Å²) in [6.07, 6.45) is 17.0. The van der Waals surface area contributed by atoms with Gasteiger partial charge in [-0.25, -0.2) is 0 Å². The third-order valence-corrected chi connectivity index (χ3v) is 14.3. The van der Waals surface area contributed by atoms with E-state index >= 15 is 0 Å². The molecule has 3 aliphatic carbocycles. The summed E-state index contributed by atoms with van der Waals surface area (Å²) in [4.78, 5) is 53.6. The molecule has 0 aromatic carbocycles. The Balaban J connectivity index is 2.14. The molecule has 3 saturated carbocycles. The van der Waals surface area contributed by atoms with E-state index in [9.17, 15) is 23.7 Å². The molecule has 2 bridgehead atoms. The molecule has 332 valence electrons. The Hall–Kier alpha value is -3.14. The highest BCUT2D eigenvalue weighted by Crippen LogP contribution is 2.77. The largest absolute Gasteiger partial charge is 0.377 e. The van der Waals surface area contributed by atoms with Crippen LogP contribution in [0.4, 0.5) is 0 Å². The van der Waals surface area contributed by atoms with E-state index in [4.69, 9.17) is 52.2 Å². The third kappa shape index (κ3) is 19.4. The number of nitrogens with one attached hydrogen (secondary N) is 4. The van der Waals surface area contributed by atoms with Gasteiger partial charge in [-0.2, -0.15) is 0 Å². The van der Waals surface area contributed by atoms with Crippen molar-refractivity contribution in [1.29, 1.82) is 0 Å². The summed E-state index contributed by atoms with van der Waals surface area (Å²) in [5.74, 6) is 5.98. The van der Waals surface area contributed by atoms with Crippen molar-refractivity contribution in [3.8, 4) is 37.0 Å². The zero-order chi connectivity index (χ0) is 43.7. The molecule has 1 unspecified atom stereocenters. The normalized spacial score (nSPS) is 19.1. The van der Waals surface area contributed by atoms with Crippen LogP contribution in [0.5, 0.6) is 0 Å². The number of carbonyl (C=O) groups excluding carboxylic acids is 4. The Morgan fingerprint density at radius 2 is 0.949 bits per heavy atom. The lowest BCUT2D eigenvalue weighted by molar-refractivity contribution is -0.236. The second-order valence-corrected chi connectivity index (χ2v) is 19.8. The molecule has 18 heteroatoms. The van der Waals surface area contributed by atoms with Gasteiger partial charge in [0.05, 0.1) is 70.5 Å². The van der Waals surface area contributed by atoms with Crippen molar-refractivity contribution in [3.63, 3.8) is 0 Å². The van der Waals surface area contributed by atoms with Gasteiger partial charge < -0.3 is 54.2 Å². The molecule has 3 fully saturated rings. The molecule has 3 aliphatic rings. The van der Waals surface area contributed by atoms with Crippen LogP contribution in [-0.4, -0.2) is 139 Å². The van der Waals surface area contributed by atoms with Crippen molar-refractivity contribution >= 4 is 42.4 Å². The minimum Gasteiger partial charge on any atom is -0.377 e. The predicted octanol–water partition coefficient (Wildman–Crippen LogP) is 2.39. The monoisotopic (exact) mass is 868 g/mol. The first-order valence-corrected chi connectivity index (χ1v) is 22.8. The number of rotatable bonds is 34. The van der Waals surface area contributed by atoms with E-state index in [2.05, 4.69) is 51.3 Å². The minimum absolute atomic E-state index is 0.00552. The van der Waals surface area contributed by atoms with Gasteiger partial charge in [-0.15, -0.1) is 19.3 Å². The average Bonchev–Trinajstić information content (AvgIpc) is 3.15. The van der Waals surface area contributed by atoms with Gasteiger partial charge in [0, 0.05) is 49.6 Å². The van der Waals surface area contributed by atoms with Gasteiger partial charge in [-0.3, -0.25) is 23.7 Å². The number of carbonyl (C=O) groups is 4. The van der Waals surface area contributed by atoms with E-state index in [0.29, 0.717) is 58.9 Å². The van der Waals surface area contributed by atoms with Crippen molar-refractivity contribution in [1.82, 2.24) is 21.3 Å². The summed E-state index contributed by atoms with van der Waals surface area (Å²) >= 11 is 4.38. The molecular formula is C41H65N4O12PS. The molecule has 3 rings (SSSR count). The lowest BCUT2D eigenvalue weighted by Gasteiger charge is -2.69. The summed E-state index contributed by atoms with van der Waals surface area (Å²) in [6.45, 7) is 6.02. The van der Waals surface area contributed by atoms with Crippen LogP contribution in [0.2, 0.25) is 0 Å². The molecule has 16 nitrogen and oxygen atoms in total. The molecule has 0 spiro atoms. The number of ether oxygens (including phenoxy) is 6. The van der Waals surface area contributed by atoms with E-state index in [0.717, 1.165) is 0 Å². The zero-order valence-corrected chi connectivity index (χ0v) is 36.8. The minimum atomic E-state index is -3.29. The standard InChI is InChI=1S/C41H65N4O12PS/c1-7-19-51-25-28-54-22-16-42-34(46)10-13-40(14-11-35(47)43-17-23-55-29-26-52-20-8-2,15-12-36(48)44-18-24-56-30-27-53-21-9-3)45-37(49)39-31-41(32-39,33-39)57-58(50,59)38(4,5)6/h1-3H,10-33H2,4-6H3,(H,42,46)(H,43,47)(H,44,48)(H,45,49)(H,50,59)/t39-,41-,58?. The molecular weight excluding hydrogens is 804 g/mol. The quantitative estimate of drug-likeness (QED) is 0.0275. The SMILES string of the molecule is C#CCOCCOCCNC(=O)CCC(CCC(=O)NCCOCCOCC#C)(CCC(=O)NCCOCCOCC#C)NC(=O)[C@]12C[C@@](OP(=O)(S)C(C)(C)C)(C1)C2. The van der Waals surface area contributed by atoms with Gasteiger partial charge in [0.25, 0.3) is 6.57 Å². The molecule has 0 saturated heterocycles. The van der Waals surface area contributed by atoms with Crippen LogP contribution < -0.4 is 21.3 Å². The molecule has 0 aliphatic heterocycles. The maximum Gasteiger partial charge on any atom is 0.260 e. The highest BCUT2D eigenvalue weighted by atomic mass is 32.7. The number of terminal acetylenes is 3. The second kappa shape index (κ2) is 26.9. The van der Waals surface area contributed by atoms with Crippen LogP contribution in [-0.2, 0) is 56.7 Å². The fourth-order valence-electron chi connectivity index (χ4n) is 6.53. The Morgan fingerprint density at radius 3 is 1.27 bits per heavy atom. The smallest absolute Gasteiger partial charge is 0.260 e. The zero-order valence-electron chi connectivity index (χ0n) is 35.0. The highest BCUT2D eigenvalue weighted by molar-refractivity contribution is 8.46. The molecule has 0 aromatic heterocycles. The summed E-state index contributed by atoms with van der Waals surface area (Å²) in [7, 11) is 0. The van der Waals surface area contributed by atoms with Gasteiger partial charge in [0.1, 0.15) is 19.8 Å². The maximum absolute atomic E-state index is 14.2. The van der Waals surface area contributed by atoms with Gasteiger partial charge in [0.15, 0.2) is 0 Å². The van der Waals surface area contributed by atoms with Crippen molar-refractivity contribution in [2.75, 3.05) is 98.9 Å². The number of hydrogen-bond acceptors (Lipinski definition) is 12. The summed E-state index contributed by atoms with van der Waals surface area (Å²) in [5, 5.41) is 11.0. The Kier molecular flexibility index (Phi) is 23.7.